The number of hydrogen-bond donors (Lipinski definition) is 0. The predicted molar refractivity (Wildman–Crippen MR) is 77.4 cm³/mol. The van der Waals surface area contributed by atoms with Crippen LogP contribution in [0.3, 0.4) is 0 Å². The number of fused-ring (bicyclic) bond motifs is 1. The number of benzene rings is 2. The second kappa shape index (κ2) is 5.39. The van der Waals surface area contributed by atoms with Crippen molar-refractivity contribution < 1.29 is 22.4 Å². The van der Waals surface area contributed by atoms with Gasteiger partial charge in [0.15, 0.2) is 5.78 Å². The molecule has 116 valence electrons. The second-order valence-corrected chi connectivity index (χ2v) is 4.88. The first-order chi connectivity index (χ1) is 10.9. The maximum Gasteiger partial charge on any atom is 0.416 e. The van der Waals surface area contributed by atoms with Crippen molar-refractivity contribution in [3.63, 3.8) is 0 Å². The molecule has 0 aliphatic rings. The van der Waals surface area contributed by atoms with Crippen LogP contribution in [0.1, 0.15) is 21.5 Å². The van der Waals surface area contributed by atoms with Crippen LogP contribution in [0, 0.1) is 0 Å². The lowest BCUT2D eigenvalue weighted by Gasteiger charge is -2.08. The molecule has 0 spiro atoms. The van der Waals surface area contributed by atoms with Crippen molar-refractivity contribution in [3.8, 4) is 0 Å². The topological polar surface area (TPSA) is 47.3 Å². The summed E-state index contributed by atoms with van der Waals surface area (Å²) in [5, 5.41) is 0.428. The molecule has 2 aromatic carbocycles. The molecule has 0 unspecified atom stereocenters. The van der Waals surface area contributed by atoms with Crippen molar-refractivity contribution in [1.82, 2.24) is 0 Å². The standard InChI is InChI=1S/C17H9F3O3/c18-17(19,20)11-7-5-10(6-8-11)16(22)13-9-15(21)23-14-4-2-1-3-12(13)14/h1-9H. The van der Waals surface area contributed by atoms with E-state index in [4.69, 9.17) is 4.42 Å². The zero-order valence-electron chi connectivity index (χ0n) is 11.6. The molecule has 0 bridgehead atoms. The zero-order chi connectivity index (χ0) is 16.6. The van der Waals surface area contributed by atoms with Gasteiger partial charge in [-0.25, -0.2) is 4.79 Å². The van der Waals surface area contributed by atoms with E-state index in [1.807, 2.05) is 0 Å². The summed E-state index contributed by atoms with van der Waals surface area (Å²) < 4.78 is 42.7. The molecule has 1 aromatic heterocycles. The van der Waals surface area contributed by atoms with E-state index < -0.39 is 23.1 Å². The number of rotatable bonds is 2. The van der Waals surface area contributed by atoms with Crippen LogP contribution in [0.25, 0.3) is 11.0 Å². The molecule has 0 N–H and O–H groups in total. The molecule has 1 heterocycles. The van der Waals surface area contributed by atoms with Gasteiger partial charge in [-0.05, 0) is 18.2 Å². The molecular formula is C17H9F3O3. The number of alkyl halides is 3. The third-order valence-electron chi connectivity index (χ3n) is 3.37. The van der Waals surface area contributed by atoms with Crippen molar-refractivity contribution in [2.75, 3.05) is 0 Å². The summed E-state index contributed by atoms with van der Waals surface area (Å²) in [7, 11) is 0. The van der Waals surface area contributed by atoms with Crippen LogP contribution >= 0.6 is 0 Å². The number of hydrogen-bond acceptors (Lipinski definition) is 3. The van der Waals surface area contributed by atoms with Crippen LogP contribution in [0.4, 0.5) is 13.2 Å². The van der Waals surface area contributed by atoms with Crippen molar-refractivity contribution in [1.29, 1.82) is 0 Å². The minimum Gasteiger partial charge on any atom is -0.423 e. The summed E-state index contributed by atoms with van der Waals surface area (Å²) in [6.07, 6.45) is -4.47. The molecule has 6 heteroatoms. The van der Waals surface area contributed by atoms with Gasteiger partial charge in [0.2, 0.25) is 0 Å². The van der Waals surface area contributed by atoms with E-state index in [2.05, 4.69) is 0 Å². The molecular weight excluding hydrogens is 309 g/mol. The van der Waals surface area contributed by atoms with Gasteiger partial charge in [-0.1, -0.05) is 30.3 Å². The molecule has 0 aliphatic heterocycles. The van der Waals surface area contributed by atoms with Crippen LogP contribution in [0.5, 0.6) is 0 Å². The van der Waals surface area contributed by atoms with Gasteiger partial charge in [-0.2, -0.15) is 13.2 Å². The summed E-state index contributed by atoms with van der Waals surface area (Å²) >= 11 is 0. The van der Waals surface area contributed by atoms with E-state index in [1.165, 1.54) is 0 Å². The third-order valence-corrected chi connectivity index (χ3v) is 3.37. The summed E-state index contributed by atoms with van der Waals surface area (Å²) in [6.45, 7) is 0. The molecule has 0 atom stereocenters. The Hall–Kier alpha value is -2.89. The molecule has 0 fully saturated rings. The Morgan fingerprint density at radius 3 is 2.26 bits per heavy atom. The fourth-order valence-corrected chi connectivity index (χ4v) is 2.27. The van der Waals surface area contributed by atoms with Gasteiger partial charge in [0.25, 0.3) is 0 Å². The molecule has 0 aliphatic carbocycles. The van der Waals surface area contributed by atoms with Gasteiger partial charge < -0.3 is 4.42 Å². The van der Waals surface area contributed by atoms with Crippen molar-refractivity contribution in [3.05, 3.63) is 81.7 Å². The Balaban J connectivity index is 2.09. The highest BCUT2D eigenvalue weighted by Crippen LogP contribution is 2.29. The minimum absolute atomic E-state index is 0.0637. The largest absolute Gasteiger partial charge is 0.423 e. The van der Waals surface area contributed by atoms with Gasteiger partial charge in [-0.15, -0.1) is 0 Å². The summed E-state index contributed by atoms with van der Waals surface area (Å²) in [4.78, 5) is 24.1. The van der Waals surface area contributed by atoms with E-state index >= 15 is 0 Å². The second-order valence-electron chi connectivity index (χ2n) is 4.88. The Kier molecular flexibility index (Phi) is 3.52. The zero-order valence-corrected chi connectivity index (χ0v) is 11.6. The maximum atomic E-state index is 12.6. The highest BCUT2D eigenvalue weighted by Gasteiger charge is 2.30. The van der Waals surface area contributed by atoms with Gasteiger partial charge >= 0.3 is 11.8 Å². The Bertz CT molecular complexity index is 938. The molecule has 0 saturated carbocycles. The maximum absolute atomic E-state index is 12.6. The van der Waals surface area contributed by atoms with Crippen LogP contribution in [-0.4, -0.2) is 5.78 Å². The first kappa shape index (κ1) is 15.0. The highest BCUT2D eigenvalue weighted by atomic mass is 19.4. The average molecular weight is 318 g/mol. The SMILES string of the molecule is O=C(c1ccc(C(F)(F)F)cc1)c1cc(=O)oc2ccccc12. The van der Waals surface area contributed by atoms with Crippen LogP contribution in [0.2, 0.25) is 0 Å². The van der Waals surface area contributed by atoms with Crippen molar-refractivity contribution in [2.45, 2.75) is 6.18 Å². The van der Waals surface area contributed by atoms with Crippen LogP contribution < -0.4 is 5.63 Å². The lowest BCUT2D eigenvalue weighted by Crippen LogP contribution is -2.09. The fourth-order valence-electron chi connectivity index (χ4n) is 2.27. The quantitative estimate of drug-likeness (QED) is 0.529. The molecule has 3 nitrogen and oxygen atoms in total. The summed E-state index contributed by atoms with van der Waals surface area (Å²) in [5.74, 6) is -0.539. The van der Waals surface area contributed by atoms with Gasteiger partial charge in [0, 0.05) is 22.6 Å². The lowest BCUT2D eigenvalue weighted by molar-refractivity contribution is -0.137. The Morgan fingerprint density at radius 2 is 1.61 bits per heavy atom. The fraction of sp³-hybridized carbons (Fsp3) is 0.0588. The van der Waals surface area contributed by atoms with Gasteiger partial charge in [-0.3, -0.25) is 4.79 Å². The monoisotopic (exact) mass is 318 g/mol. The van der Waals surface area contributed by atoms with E-state index in [1.54, 1.807) is 24.3 Å². The van der Waals surface area contributed by atoms with Crippen molar-refractivity contribution >= 4 is 16.8 Å². The molecule has 0 radical (unpaired) electrons. The van der Waals surface area contributed by atoms with Crippen molar-refractivity contribution in [2.24, 2.45) is 0 Å². The molecule has 0 saturated heterocycles. The summed E-state index contributed by atoms with van der Waals surface area (Å²) in [6, 6.07) is 11.4. The smallest absolute Gasteiger partial charge is 0.416 e. The first-order valence-corrected chi connectivity index (χ1v) is 6.61. The molecule has 3 rings (SSSR count). The normalized spacial score (nSPS) is 11.6. The minimum atomic E-state index is -4.47. The number of carbonyl (C=O) groups is 1. The Labute approximate surface area is 128 Å². The van der Waals surface area contributed by atoms with E-state index in [-0.39, 0.29) is 16.7 Å². The molecule has 0 amide bonds. The van der Waals surface area contributed by atoms with Gasteiger partial charge in [0.1, 0.15) is 5.58 Å². The first-order valence-electron chi connectivity index (χ1n) is 6.61. The van der Waals surface area contributed by atoms with Crippen LogP contribution in [0.15, 0.2) is 63.8 Å². The highest BCUT2D eigenvalue weighted by molar-refractivity contribution is 6.15. The molecule has 3 aromatic rings. The average Bonchev–Trinajstić information content (AvgIpc) is 2.52. The number of ketones is 1. The number of para-hydroxylation sites is 1. The predicted octanol–water partition coefficient (Wildman–Crippen LogP) is 4.04. The van der Waals surface area contributed by atoms with Crippen LogP contribution in [-0.2, 0) is 6.18 Å². The Morgan fingerprint density at radius 1 is 0.957 bits per heavy atom. The van der Waals surface area contributed by atoms with E-state index in [0.717, 1.165) is 30.3 Å². The number of halogens is 3. The lowest BCUT2D eigenvalue weighted by atomic mass is 9.99. The van der Waals surface area contributed by atoms with E-state index in [0.29, 0.717) is 5.39 Å². The number of carbonyl (C=O) groups excluding carboxylic acids is 1. The summed E-state index contributed by atoms with van der Waals surface area (Å²) in [5.41, 5.74) is -1.13. The van der Waals surface area contributed by atoms with Gasteiger partial charge in [0.05, 0.1) is 5.56 Å². The third kappa shape index (κ3) is 2.88. The molecule has 23 heavy (non-hydrogen) atoms. The van der Waals surface area contributed by atoms with E-state index in [9.17, 15) is 22.8 Å².